The molecule has 1 nitrogen and oxygen atoms in total. The summed E-state index contributed by atoms with van der Waals surface area (Å²) < 4.78 is 0. The summed E-state index contributed by atoms with van der Waals surface area (Å²) >= 11 is 0. The fraction of sp³-hybridized carbons (Fsp3) is 1.00. The molecule has 0 aromatic heterocycles. The van der Waals surface area contributed by atoms with Gasteiger partial charge in [-0.05, 0) is 49.9 Å². The molecule has 0 aromatic carbocycles. The molecule has 1 heterocycles. The van der Waals surface area contributed by atoms with Crippen molar-refractivity contribution in [2.75, 3.05) is 13.1 Å². The molecular weight excluding hydrogens is 182 g/mol. The van der Waals surface area contributed by atoms with Gasteiger partial charge in [-0.15, -0.1) is 0 Å². The Balaban J connectivity index is 2.10. The smallest absolute Gasteiger partial charge is 0.00388 e. The first-order valence-electron chi connectivity index (χ1n) is 6.63. The second-order valence-electron chi connectivity index (χ2n) is 7.04. The molecule has 15 heavy (non-hydrogen) atoms. The van der Waals surface area contributed by atoms with E-state index in [1.807, 2.05) is 0 Å². The Morgan fingerprint density at radius 2 is 1.47 bits per heavy atom. The number of hydrogen-bond donors (Lipinski definition) is 0. The van der Waals surface area contributed by atoms with Gasteiger partial charge in [0.1, 0.15) is 0 Å². The minimum absolute atomic E-state index is 0.523. The Kier molecular flexibility index (Phi) is 2.87. The van der Waals surface area contributed by atoms with Gasteiger partial charge in [0.25, 0.3) is 0 Å². The van der Waals surface area contributed by atoms with Gasteiger partial charge in [-0.25, -0.2) is 0 Å². The van der Waals surface area contributed by atoms with Crippen LogP contribution in [0.2, 0.25) is 0 Å². The molecule has 0 spiro atoms. The zero-order chi connectivity index (χ0) is 11.2. The maximum atomic E-state index is 2.70. The van der Waals surface area contributed by atoms with E-state index in [0.29, 0.717) is 5.41 Å². The second-order valence-corrected chi connectivity index (χ2v) is 7.04. The molecule has 2 fully saturated rings. The van der Waals surface area contributed by atoms with Gasteiger partial charge in [0.05, 0.1) is 0 Å². The number of nitrogens with zero attached hydrogens (tertiary/aromatic N) is 1. The number of fused-ring (bicyclic) bond motifs is 2. The maximum absolute atomic E-state index is 2.70. The predicted octanol–water partition coefficient (Wildman–Crippen LogP) is 3.40. The first kappa shape index (κ1) is 11.4. The lowest BCUT2D eigenvalue weighted by Gasteiger charge is -2.45. The van der Waals surface area contributed by atoms with Crippen molar-refractivity contribution in [3.8, 4) is 0 Å². The van der Waals surface area contributed by atoms with E-state index in [2.05, 4.69) is 39.5 Å². The third kappa shape index (κ3) is 2.08. The average molecular weight is 209 g/mol. The summed E-state index contributed by atoms with van der Waals surface area (Å²) in [5.74, 6) is 2.93. The van der Waals surface area contributed by atoms with Gasteiger partial charge < -0.3 is 4.90 Å². The van der Waals surface area contributed by atoms with Crippen molar-refractivity contribution in [1.29, 1.82) is 0 Å². The van der Waals surface area contributed by atoms with E-state index in [4.69, 9.17) is 0 Å². The van der Waals surface area contributed by atoms with Crippen LogP contribution >= 0.6 is 0 Å². The Labute approximate surface area is 95.2 Å². The highest BCUT2D eigenvalue weighted by atomic mass is 15.2. The van der Waals surface area contributed by atoms with E-state index >= 15 is 0 Å². The normalized spacial score (nSPS) is 37.6. The first-order valence-corrected chi connectivity index (χ1v) is 6.63. The Bertz CT molecular complexity index is 212. The molecular formula is C14H27N. The molecule has 2 atom stereocenters. The largest absolute Gasteiger partial charge is 0.300 e. The number of piperidine rings is 1. The van der Waals surface area contributed by atoms with Gasteiger partial charge in [0, 0.05) is 19.1 Å². The highest BCUT2D eigenvalue weighted by molar-refractivity contribution is 4.97. The van der Waals surface area contributed by atoms with E-state index in [0.717, 1.165) is 23.8 Å². The van der Waals surface area contributed by atoms with Gasteiger partial charge in [-0.3, -0.25) is 0 Å². The van der Waals surface area contributed by atoms with E-state index < -0.39 is 0 Å². The molecule has 2 bridgehead atoms. The van der Waals surface area contributed by atoms with E-state index in [1.165, 1.54) is 25.9 Å². The van der Waals surface area contributed by atoms with Crippen LogP contribution in [0.15, 0.2) is 0 Å². The molecule has 2 rings (SSSR count). The van der Waals surface area contributed by atoms with Crippen LogP contribution in [-0.4, -0.2) is 24.0 Å². The fourth-order valence-electron chi connectivity index (χ4n) is 4.09. The van der Waals surface area contributed by atoms with E-state index in [-0.39, 0.29) is 0 Å². The first-order chi connectivity index (χ1) is 6.89. The van der Waals surface area contributed by atoms with Crippen molar-refractivity contribution in [1.82, 2.24) is 4.90 Å². The SMILES string of the molecule is CC(C)N1CC2CCC(C1)C2C(C)(C)C. The Morgan fingerprint density at radius 1 is 1.00 bits per heavy atom. The third-order valence-corrected chi connectivity index (χ3v) is 4.59. The predicted molar refractivity (Wildman–Crippen MR) is 65.9 cm³/mol. The van der Waals surface area contributed by atoms with Crippen molar-refractivity contribution in [2.24, 2.45) is 23.2 Å². The summed E-state index contributed by atoms with van der Waals surface area (Å²) in [5, 5.41) is 0. The van der Waals surface area contributed by atoms with Crippen LogP contribution in [0.1, 0.15) is 47.5 Å². The summed E-state index contributed by atoms with van der Waals surface area (Å²) in [6, 6.07) is 0.744. The van der Waals surface area contributed by atoms with Gasteiger partial charge in [0.2, 0.25) is 0 Å². The summed E-state index contributed by atoms with van der Waals surface area (Å²) in [6.45, 7) is 14.7. The quantitative estimate of drug-likeness (QED) is 0.640. The molecule has 0 aromatic rings. The highest BCUT2D eigenvalue weighted by Crippen LogP contribution is 2.50. The summed E-state index contributed by atoms with van der Waals surface area (Å²) in [7, 11) is 0. The highest BCUT2D eigenvalue weighted by Gasteiger charge is 2.47. The monoisotopic (exact) mass is 209 g/mol. The molecule has 0 amide bonds. The lowest BCUT2D eigenvalue weighted by atomic mass is 9.68. The summed E-state index contributed by atoms with van der Waals surface area (Å²) in [6.07, 6.45) is 2.96. The fourth-order valence-corrected chi connectivity index (χ4v) is 4.09. The van der Waals surface area contributed by atoms with Crippen molar-refractivity contribution in [3.05, 3.63) is 0 Å². The van der Waals surface area contributed by atoms with Gasteiger partial charge in [0.15, 0.2) is 0 Å². The lowest BCUT2D eigenvalue weighted by Crippen LogP contribution is -2.48. The minimum Gasteiger partial charge on any atom is -0.300 e. The molecule has 1 aliphatic heterocycles. The molecule has 2 unspecified atom stereocenters. The van der Waals surface area contributed by atoms with Gasteiger partial charge in [-0.1, -0.05) is 20.8 Å². The summed E-state index contributed by atoms with van der Waals surface area (Å²) in [5.41, 5.74) is 0.523. The summed E-state index contributed by atoms with van der Waals surface area (Å²) in [4.78, 5) is 2.70. The van der Waals surface area contributed by atoms with Gasteiger partial charge >= 0.3 is 0 Å². The van der Waals surface area contributed by atoms with Crippen molar-refractivity contribution in [2.45, 2.75) is 53.5 Å². The number of likely N-dealkylation sites (tertiary alicyclic amines) is 1. The average Bonchev–Trinajstić information content (AvgIpc) is 2.37. The lowest BCUT2D eigenvalue weighted by molar-refractivity contribution is 0.0258. The molecule has 0 N–H and O–H groups in total. The standard InChI is InChI=1S/C14H27N/c1-10(2)15-8-11-6-7-12(9-15)13(11)14(3,4)5/h10-13H,6-9H2,1-5H3. The van der Waals surface area contributed by atoms with Crippen LogP contribution in [0.25, 0.3) is 0 Å². The zero-order valence-electron chi connectivity index (χ0n) is 11.1. The van der Waals surface area contributed by atoms with Crippen LogP contribution < -0.4 is 0 Å². The topological polar surface area (TPSA) is 3.24 Å². The second kappa shape index (κ2) is 3.76. The van der Waals surface area contributed by atoms with Crippen LogP contribution in [0.4, 0.5) is 0 Å². The van der Waals surface area contributed by atoms with Crippen LogP contribution in [0.5, 0.6) is 0 Å². The van der Waals surface area contributed by atoms with E-state index in [9.17, 15) is 0 Å². The number of rotatable bonds is 1. The molecule has 1 saturated heterocycles. The van der Waals surface area contributed by atoms with Crippen molar-refractivity contribution < 1.29 is 0 Å². The zero-order valence-corrected chi connectivity index (χ0v) is 11.1. The van der Waals surface area contributed by atoms with Gasteiger partial charge in [-0.2, -0.15) is 0 Å². The van der Waals surface area contributed by atoms with Crippen LogP contribution in [0, 0.1) is 23.2 Å². The molecule has 0 radical (unpaired) electrons. The Hall–Kier alpha value is -0.0400. The van der Waals surface area contributed by atoms with Crippen molar-refractivity contribution in [3.63, 3.8) is 0 Å². The molecule has 88 valence electrons. The van der Waals surface area contributed by atoms with Crippen LogP contribution in [-0.2, 0) is 0 Å². The molecule has 1 heteroatoms. The maximum Gasteiger partial charge on any atom is 0.00388 e. The molecule has 1 aliphatic carbocycles. The molecule has 2 aliphatic rings. The molecule has 1 saturated carbocycles. The third-order valence-electron chi connectivity index (χ3n) is 4.59. The van der Waals surface area contributed by atoms with E-state index in [1.54, 1.807) is 0 Å². The van der Waals surface area contributed by atoms with Crippen molar-refractivity contribution >= 4 is 0 Å². The van der Waals surface area contributed by atoms with Crippen LogP contribution in [0.3, 0.4) is 0 Å². The number of hydrogen-bond acceptors (Lipinski definition) is 1. The Morgan fingerprint density at radius 3 is 1.80 bits per heavy atom. The minimum atomic E-state index is 0.523.